The Morgan fingerprint density at radius 3 is 2.45 bits per heavy atom. The first-order valence-electron chi connectivity index (χ1n) is 12.1. The zero-order valence-corrected chi connectivity index (χ0v) is 20.0. The minimum atomic E-state index is -1.06. The minimum absolute atomic E-state index is 0.0892. The second-order valence-corrected chi connectivity index (χ2v) is 10.1. The van der Waals surface area contributed by atoms with Gasteiger partial charge in [-0.15, -0.1) is 0 Å². The highest BCUT2D eigenvalue weighted by molar-refractivity contribution is 6.13. The fourth-order valence-electron chi connectivity index (χ4n) is 5.43. The quantitative estimate of drug-likeness (QED) is 0.545. The van der Waals surface area contributed by atoms with Gasteiger partial charge in [0.05, 0.1) is 12.1 Å². The van der Waals surface area contributed by atoms with Crippen molar-refractivity contribution in [1.29, 1.82) is 0 Å². The molecule has 2 aliphatic rings. The van der Waals surface area contributed by atoms with Crippen molar-refractivity contribution in [3.05, 3.63) is 52.9 Å². The van der Waals surface area contributed by atoms with E-state index in [9.17, 15) is 9.59 Å². The SMILES string of the molecule is Cc1cc2c(cc3n2CC(C)(C(=O)NC2CCCCCC2)N(c2ccc(C)c(C)c2)C3=O)o1. The van der Waals surface area contributed by atoms with Crippen LogP contribution >= 0.6 is 0 Å². The number of benzene rings is 1. The number of anilines is 1. The van der Waals surface area contributed by atoms with Crippen LogP contribution in [-0.2, 0) is 11.3 Å². The van der Waals surface area contributed by atoms with Crippen LogP contribution < -0.4 is 10.2 Å². The lowest BCUT2D eigenvalue weighted by Crippen LogP contribution is -2.65. The average Bonchev–Trinajstić information content (AvgIpc) is 3.16. The van der Waals surface area contributed by atoms with Gasteiger partial charge in [0.15, 0.2) is 5.58 Å². The Bertz CT molecular complexity index is 1230. The Hall–Kier alpha value is -3.02. The van der Waals surface area contributed by atoms with Crippen molar-refractivity contribution >= 4 is 28.6 Å². The Morgan fingerprint density at radius 1 is 1.03 bits per heavy atom. The molecule has 1 N–H and O–H groups in total. The number of aryl methyl sites for hydroxylation is 3. The van der Waals surface area contributed by atoms with E-state index < -0.39 is 5.54 Å². The largest absolute Gasteiger partial charge is 0.460 e. The highest BCUT2D eigenvalue weighted by atomic mass is 16.3. The number of amides is 2. The van der Waals surface area contributed by atoms with Gasteiger partial charge in [-0.25, -0.2) is 0 Å². The molecule has 2 amide bonds. The zero-order chi connectivity index (χ0) is 23.3. The second-order valence-electron chi connectivity index (χ2n) is 10.1. The normalized spacial score (nSPS) is 21.8. The van der Waals surface area contributed by atoms with E-state index in [2.05, 4.69) is 12.2 Å². The van der Waals surface area contributed by atoms with Crippen molar-refractivity contribution in [3.8, 4) is 0 Å². The Morgan fingerprint density at radius 2 is 1.76 bits per heavy atom. The lowest BCUT2D eigenvalue weighted by atomic mass is 9.92. The summed E-state index contributed by atoms with van der Waals surface area (Å²) in [5.41, 5.74) is 4.05. The van der Waals surface area contributed by atoms with Crippen LogP contribution in [0.5, 0.6) is 0 Å². The molecule has 1 aliphatic carbocycles. The monoisotopic (exact) mass is 447 g/mol. The molecule has 5 rings (SSSR count). The summed E-state index contributed by atoms with van der Waals surface area (Å²) in [6.07, 6.45) is 6.72. The first kappa shape index (κ1) is 21.8. The predicted molar refractivity (Wildman–Crippen MR) is 130 cm³/mol. The third kappa shape index (κ3) is 3.65. The third-order valence-corrected chi connectivity index (χ3v) is 7.52. The third-order valence-electron chi connectivity index (χ3n) is 7.52. The van der Waals surface area contributed by atoms with Crippen molar-refractivity contribution in [2.75, 3.05) is 4.90 Å². The van der Waals surface area contributed by atoms with E-state index in [1.165, 1.54) is 12.8 Å². The number of carbonyl (C=O) groups is 2. The molecule has 1 aliphatic heterocycles. The van der Waals surface area contributed by atoms with Gasteiger partial charge >= 0.3 is 0 Å². The van der Waals surface area contributed by atoms with Crippen molar-refractivity contribution < 1.29 is 14.0 Å². The highest BCUT2D eigenvalue weighted by Gasteiger charge is 2.49. The maximum atomic E-state index is 13.9. The van der Waals surface area contributed by atoms with E-state index in [0.29, 0.717) is 17.8 Å². The molecule has 6 nitrogen and oxygen atoms in total. The highest BCUT2D eigenvalue weighted by Crippen LogP contribution is 2.37. The van der Waals surface area contributed by atoms with E-state index in [-0.39, 0.29) is 17.9 Å². The number of hydrogen-bond donors (Lipinski definition) is 1. The van der Waals surface area contributed by atoms with Crippen LogP contribution in [-0.4, -0.2) is 28.0 Å². The molecule has 1 saturated carbocycles. The molecule has 1 aromatic carbocycles. The van der Waals surface area contributed by atoms with Crippen molar-refractivity contribution in [1.82, 2.24) is 9.88 Å². The molecule has 1 unspecified atom stereocenters. The van der Waals surface area contributed by atoms with E-state index >= 15 is 0 Å². The van der Waals surface area contributed by atoms with Gasteiger partial charge < -0.3 is 14.3 Å². The maximum Gasteiger partial charge on any atom is 0.276 e. The summed E-state index contributed by atoms with van der Waals surface area (Å²) in [7, 11) is 0. The second kappa shape index (κ2) is 8.08. The van der Waals surface area contributed by atoms with Gasteiger partial charge in [0.2, 0.25) is 5.91 Å². The van der Waals surface area contributed by atoms with Gasteiger partial charge in [0, 0.05) is 23.9 Å². The number of nitrogens with one attached hydrogen (secondary N) is 1. The number of nitrogens with zero attached hydrogens (tertiary/aromatic N) is 2. The summed E-state index contributed by atoms with van der Waals surface area (Å²) in [4.78, 5) is 29.5. The van der Waals surface area contributed by atoms with Crippen molar-refractivity contribution in [2.24, 2.45) is 0 Å². The Kier molecular flexibility index (Phi) is 5.34. The van der Waals surface area contributed by atoms with Crippen LogP contribution in [0.4, 0.5) is 5.69 Å². The van der Waals surface area contributed by atoms with Crippen LogP contribution in [0.15, 0.2) is 34.7 Å². The molecular weight excluding hydrogens is 414 g/mol. The standard InChI is InChI=1S/C27H33N3O3/c1-17-11-12-21(13-18(17)2)30-25(31)23-15-24-22(14-19(3)33-24)29(23)16-27(30,4)26(32)28-20-9-7-5-6-8-10-20/h11-15,20H,5-10,16H2,1-4H3,(H,28,32). The van der Waals surface area contributed by atoms with Gasteiger partial charge in [-0.3, -0.25) is 14.5 Å². The molecule has 6 heteroatoms. The van der Waals surface area contributed by atoms with Gasteiger partial charge in [-0.05, 0) is 63.8 Å². The van der Waals surface area contributed by atoms with E-state index in [0.717, 1.165) is 53.8 Å². The van der Waals surface area contributed by atoms with E-state index in [1.54, 1.807) is 4.90 Å². The van der Waals surface area contributed by atoms with Gasteiger partial charge in [-0.2, -0.15) is 0 Å². The topological polar surface area (TPSA) is 67.5 Å². The van der Waals surface area contributed by atoms with Gasteiger partial charge in [0.1, 0.15) is 17.0 Å². The Balaban J connectivity index is 1.60. The van der Waals surface area contributed by atoms with E-state index in [1.807, 2.05) is 55.7 Å². The molecule has 174 valence electrons. The summed E-state index contributed by atoms with van der Waals surface area (Å²) in [6.45, 7) is 8.26. The van der Waals surface area contributed by atoms with Gasteiger partial charge in [-0.1, -0.05) is 31.7 Å². The van der Waals surface area contributed by atoms with Crippen LogP contribution in [0.1, 0.15) is 72.8 Å². The average molecular weight is 448 g/mol. The molecular formula is C27H33N3O3. The van der Waals surface area contributed by atoms with Crippen LogP contribution in [0.3, 0.4) is 0 Å². The Labute approximate surface area is 194 Å². The summed E-state index contributed by atoms with van der Waals surface area (Å²) in [5.74, 6) is 0.532. The van der Waals surface area contributed by atoms with Crippen molar-refractivity contribution in [3.63, 3.8) is 0 Å². The number of carbonyl (C=O) groups excluding carboxylic acids is 2. The fraction of sp³-hybridized carbons (Fsp3) is 0.481. The van der Waals surface area contributed by atoms with Crippen LogP contribution in [0.25, 0.3) is 11.1 Å². The smallest absolute Gasteiger partial charge is 0.276 e. The summed E-state index contributed by atoms with van der Waals surface area (Å²) in [6, 6.07) is 9.89. The lowest BCUT2D eigenvalue weighted by Gasteiger charge is -2.44. The van der Waals surface area contributed by atoms with Crippen molar-refractivity contribution in [2.45, 2.75) is 84.3 Å². The molecule has 0 saturated heterocycles. The molecule has 1 atom stereocenters. The summed E-state index contributed by atoms with van der Waals surface area (Å²) in [5, 5.41) is 3.32. The molecule has 0 bridgehead atoms. The maximum absolute atomic E-state index is 13.9. The minimum Gasteiger partial charge on any atom is -0.460 e. The molecule has 2 aromatic heterocycles. The molecule has 3 heterocycles. The predicted octanol–water partition coefficient (Wildman–Crippen LogP) is 5.42. The first-order chi connectivity index (χ1) is 15.8. The molecule has 0 radical (unpaired) electrons. The van der Waals surface area contributed by atoms with Gasteiger partial charge in [0.25, 0.3) is 5.91 Å². The number of aromatic nitrogens is 1. The van der Waals surface area contributed by atoms with E-state index in [4.69, 9.17) is 4.42 Å². The molecule has 0 spiro atoms. The number of furan rings is 1. The molecule has 3 aromatic rings. The lowest BCUT2D eigenvalue weighted by molar-refractivity contribution is -0.127. The number of rotatable bonds is 3. The number of fused-ring (bicyclic) bond motifs is 3. The fourth-order valence-corrected chi connectivity index (χ4v) is 5.43. The molecule has 1 fully saturated rings. The first-order valence-corrected chi connectivity index (χ1v) is 12.1. The van der Waals surface area contributed by atoms with Crippen LogP contribution in [0, 0.1) is 20.8 Å². The summed E-state index contributed by atoms with van der Waals surface area (Å²) >= 11 is 0. The summed E-state index contributed by atoms with van der Waals surface area (Å²) < 4.78 is 7.77. The zero-order valence-electron chi connectivity index (χ0n) is 20.0. The molecule has 33 heavy (non-hydrogen) atoms. The van der Waals surface area contributed by atoms with Crippen LogP contribution in [0.2, 0.25) is 0 Å². The number of hydrogen-bond acceptors (Lipinski definition) is 3.